The Kier molecular flexibility index (Phi) is 6.32. The number of carbonyl (C=O) groups is 1. The minimum atomic E-state index is -3.70. The first-order valence-corrected chi connectivity index (χ1v) is 10.1. The van der Waals surface area contributed by atoms with Gasteiger partial charge in [0.05, 0.1) is 11.9 Å². The van der Waals surface area contributed by atoms with E-state index in [4.69, 9.17) is 23.2 Å². The average molecular weight is 401 g/mol. The van der Waals surface area contributed by atoms with Crippen LogP contribution in [0.5, 0.6) is 0 Å². The van der Waals surface area contributed by atoms with Crippen LogP contribution in [0.1, 0.15) is 13.3 Å². The molecule has 2 aromatic rings. The van der Waals surface area contributed by atoms with E-state index in [2.05, 4.69) is 5.32 Å². The SMILES string of the molecule is CCC(C(=O)Nc1ccc(Cl)cc1)N(c1cccc(Cl)c1)S(C)(=O)=O. The largest absolute Gasteiger partial charge is 0.324 e. The van der Waals surface area contributed by atoms with Crippen molar-refractivity contribution in [2.75, 3.05) is 15.9 Å². The molecule has 0 spiro atoms. The Morgan fingerprint density at radius 3 is 2.28 bits per heavy atom. The smallest absolute Gasteiger partial charge is 0.248 e. The van der Waals surface area contributed by atoms with Crippen molar-refractivity contribution in [3.63, 3.8) is 0 Å². The number of benzene rings is 2. The van der Waals surface area contributed by atoms with Crippen LogP contribution in [-0.4, -0.2) is 26.6 Å². The molecule has 0 heterocycles. The summed E-state index contributed by atoms with van der Waals surface area (Å²) in [7, 11) is -3.70. The molecule has 0 aliphatic heterocycles. The van der Waals surface area contributed by atoms with Crippen LogP contribution in [0.2, 0.25) is 10.0 Å². The summed E-state index contributed by atoms with van der Waals surface area (Å²) in [5.41, 5.74) is 0.875. The second-order valence-corrected chi connectivity index (χ2v) is 8.19. The monoisotopic (exact) mass is 400 g/mol. The maximum absolute atomic E-state index is 12.7. The first kappa shape index (κ1) is 19.6. The summed E-state index contributed by atoms with van der Waals surface area (Å²) in [6.45, 7) is 1.74. The zero-order chi connectivity index (χ0) is 18.6. The van der Waals surface area contributed by atoms with Crippen molar-refractivity contribution in [1.29, 1.82) is 0 Å². The molecule has 0 saturated heterocycles. The number of rotatable bonds is 6. The highest BCUT2D eigenvalue weighted by atomic mass is 35.5. The van der Waals surface area contributed by atoms with E-state index in [0.29, 0.717) is 27.8 Å². The van der Waals surface area contributed by atoms with Crippen LogP contribution in [0.25, 0.3) is 0 Å². The topological polar surface area (TPSA) is 66.5 Å². The summed E-state index contributed by atoms with van der Waals surface area (Å²) in [5, 5.41) is 3.65. The van der Waals surface area contributed by atoms with E-state index in [-0.39, 0.29) is 0 Å². The number of nitrogens with one attached hydrogen (secondary N) is 1. The van der Waals surface area contributed by atoms with Gasteiger partial charge < -0.3 is 5.32 Å². The van der Waals surface area contributed by atoms with Gasteiger partial charge in [-0.25, -0.2) is 8.42 Å². The second kappa shape index (κ2) is 8.08. The summed E-state index contributed by atoms with van der Waals surface area (Å²) in [4.78, 5) is 12.7. The van der Waals surface area contributed by atoms with Crippen molar-refractivity contribution in [1.82, 2.24) is 0 Å². The lowest BCUT2D eigenvalue weighted by Crippen LogP contribution is -2.47. The predicted molar refractivity (Wildman–Crippen MR) is 103 cm³/mol. The van der Waals surface area contributed by atoms with E-state index in [0.717, 1.165) is 10.6 Å². The molecule has 0 fully saturated rings. The Morgan fingerprint density at radius 2 is 1.76 bits per heavy atom. The van der Waals surface area contributed by atoms with Gasteiger partial charge in [-0.1, -0.05) is 36.2 Å². The summed E-state index contributed by atoms with van der Waals surface area (Å²) < 4.78 is 25.7. The average Bonchev–Trinajstić information content (AvgIpc) is 2.53. The van der Waals surface area contributed by atoms with Crippen molar-refractivity contribution in [2.24, 2.45) is 0 Å². The van der Waals surface area contributed by atoms with Gasteiger partial charge >= 0.3 is 0 Å². The van der Waals surface area contributed by atoms with Crippen molar-refractivity contribution >= 4 is 50.5 Å². The summed E-state index contributed by atoms with van der Waals surface area (Å²) in [6, 6.07) is 12.1. The molecular weight excluding hydrogens is 383 g/mol. The third-order valence-electron chi connectivity index (χ3n) is 3.50. The maximum atomic E-state index is 12.7. The van der Waals surface area contributed by atoms with Gasteiger partial charge in [0.15, 0.2) is 0 Å². The van der Waals surface area contributed by atoms with Crippen molar-refractivity contribution in [2.45, 2.75) is 19.4 Å². The highest BCUT2D eigenvalue weighted by Crippen LogP contribution is 2.26. The molecule has 0 bridgehead atoms. The molecule has 1 N–H and O–H groups in total. The molecule has 5 nitrogen and oxygen atoms in total. The molecule has 1 atom stereocenters. The van der Waals surface area contributed by atoms with E-state index >= 15 is 0 Å². The normalized spacial score (nSPS) is 12.5. The standard InChI is InChI=1S/C17H18Cl2N2O3S/c1-3-16(17(22)20-14-9-7-12(18)8-10-14)21(25(2,23)24)15-6-4-5-13(19)11-15/h4-11,16H,3H2,1-2H3,(H,20,22). The number of sulfonamides is 1. The lowest BCUT2D eigenvalue weighted by Gasteiger charge is -2.30. The highest BCUT2D eigenvalue weighted by molar-refractivity contribution is 7.92. The fraction of sp³-hybridized carbons (Fsp3) is 0.235. The number of nitrogens with zero attached hydrogens (tertiary/aromatic N) is 1. The Bertz CT molecular complexity index is 854. The maximum Gasteiger partial charge on any atom is 0.248 e. The number of anilines is 2. The van der Waals surface area contributed by atoms with E-state index in [1.54, 1.807) is 49.4 Å². The lowest BCUT2D eigenvalue weighted by atomic mass is 10.2. The summed E-state index contributed by atoms with van der Waals surface area (Å²) in [5.74, 6) is -0.435. The van der Waals surface area contributed by atoms with Crippen LogP contribution in [0.3, 0.4) is 0 Å². The zero-order valence-electron chi connectivity index (χ0n) is 13.7. The van der Waals surface area contributed by atoms with Gasteiger partial charge in [-0.3, -0.25) is 9.10 Å². The van der Waals surface area contributed by atoms with Crippen molar-refractivity contribution in [3.05, 3.63) is 58.6 Å². The second-order valence-electron chi connectivity index (χ2n) is 5.46. The third-order valence-corrected chi connectivity index (χ3v) is 5.17. The number of amides is 1. The van der Waals surface area contributed by atoms with Crippen molar-refractivity contribution in [3.8, 4) is 0 Å². The molecule has 0 aromatic heterocycles. The highest BCUT2D eigenvalue weighted by Gasteiger charge is 2.31. The minimum absolute atomic E-state index is 0.291. The van der Waals surface area contributed by atoms with E-state index < -0.39 is 22.0 Å². The van der Waals surface area contributed by atoms with Crippen molar-refractivity contribution < 1.29 is 13.2 Å². The molecule has 25 heavy (non-hydrogen) atoms. The Labute approximate surface area is 157 Å². The van der Waals surface area contributed by atoms with Gasteiger partial charge in [0.1, 0.15) is 6.04 Å². The molecule has 1 unspecified atom stereocenters. The number of carbonyl (C=O) groups excluding carboxylic acids is 1. The molecule has 134 valence electrons. The van der Waals surface area contributed by atoms with E-state index in [1.165, 1.54) is 6.07 Å². The van der Waals surface area contributed by atoms with Crippen LogP contribution in [-0.2, 0) is 14.8 Å². The molecular formula is C17H18Cl2N2O3S. The molecule has 0 radical (unpaired) electrons. The molecule has 2 aromatic carbocycles. The lowest BCUT2D eigenvalue weighted by molar-refractivity contribution is -0.117. The Morgan fingerprint density at radius 1 is 1.12 bits per heavy atom. The van der Waals surface area contributed by atoms with E-state index in [9.17, 15) is 13.2 Å². The number of hydrogen-bond acceptors (Lipinski definition) is 3. The molecule has 0 aliphatic carbocycles. The first-order chi connectivity index (χ1) is 11.7. The van der Waals surface area contributed by atoms with Gasteiger partial charge in [0.25, 0.3) is 0 Å². The van der Waals surface area contributed by atoms with Crippen LogP contribution in [0.15, 0.2) is 48.5 Å². The van der Waals surface area contributed by atoms with Crippen LogP contribution in [0, 0.1) is 0 Å². The van der Waals surface area contributed by atoms with Gasteiger partial charge in [0.2, 0.25) is 15.9 Å². The third kappa shape index (κ3) is 5.11. The molecule has 1 amide bonds. The first-order valence-electron chi connectivity index (χ1n) is 7.53. The van der Waals surface area contributed by atoms with Crippen LogP contribution >= 0.6 is 23.2 Å². The van der Waals surface area contributed by atoms with Gasteiger partial charge in [0, 0.05) is 15.7 Å². The van der Waals surface area contributed by atoms with Gasteiger partial charge in [-0.2, -0.15) is 0 Å². The summed E-state index contributed by atoms with van der Waals surface area (Å²) in [6.07, 6.45) is 1.35. The number of halogens is 2. The zero-order valence-corrected chi connectivity index (χ0v) is 16.1. The fourth-order valence-corrected chi connectivity index (χ4v) is 3.95. The van der Waals surface area contributed by atoms with Crippen LogP contribution < -0.4 is 9.62 Å². The Hall–Kier alpha value is -1.76. The summed E-state index contributed by atoms with van der Waals surface area (Å²) >= 11 is 11.8. The van der Waals surface area contributed by atoms with Crippen LogP contribution in [0.4, 0.5) is 11.4 Å². The fourth-order valence-electron chi connectivity index (χ4n) is 2.43. The number of hydrogen-bond donors (Lipinski definition) is 1. The molecule has 0 saturated carbocycles. The van der Waals surface area contributed by atoms with Gasteiger partial charge in [-0.15, -0.1) is 0 Å². The minimum Gasteiger partial charge on any atom is -0.324 e. The molecule has 8 heteroatoms. The van der Waals surface area contributed by atoms with E-state index in [1.807, 2.05) is 0 Å². The molecule has 0 aliphatic rings. The Balaban J connectivity index is 2.36. The molecule has 2 rings (SSSR count). The predicted octanol–water partition coefficient (Wildman–Crippen LogP) is 4.18. The quantitative estimate of drug-likeness (QED) is 0.790. The van der Waals surface area contributed by atoms with Gasteiger partial charge in [-0.05, 0) is 48.9 Å².